The zero-order valence-electron chi connectivity index (χ0n) is 18.8. The Morgan fingerprint density at radius 3 is 2.41 bits per heavy atom. The van der Waals surface area contributed by atoms with Crippen LogP contribution in [0.1, 0.15) is 57.9 Å². The van der Waals surface area contributed by atoms with Gasteiger partial charge in [0.2, 0.25) is 0 Å². The zero-order valence-corrected chi connectivity index (χ0v) is 19.6. The Morgan fingerprint density at radius 2 is 1.72 bits per heavy atom. The quantitative estimate of drug-likeness (QED) is 0.200. The highest BCUT2D eigenvalue weighted by atomic mass is 35.5. The summed E-state index contributed by atoms with van der Waals surface area (Å²) in [6, 6.07) is 14.1. The van der Waals surface area contributed by atoms with E-state index in [1.54, 1.807) is 30.3 Å². The lowest BCUT2D eigenvalue weighted by molar-refractivity contribution is -0.112. The number of carbonyl (C=O) groups is 1. The molecule has 0 spiro atoms. The molecule has 0 aliphatic carbocycles. The third-order valence-corrected chi connectivity index (χ3v) is 5.05. The Morgan fingerprint density at radius 1 is 1.00 bits per heavy atom. The van der Waals surface area contributed by atoms with Crippen molar-refractivity contribution >= 4 is 29.3 Å². The molecule has 6 heteroatoms. The fraction of sp³-hybridized carbons (Fsp3) is 0.385. The minimum absolute atomic E-state index is 0.0110. The zero-order chi connectivity index (χ0) is 23.2. The fourth-order valence-electron chi connectivity index (χ4n) is 3.11. The molecule has 0 saturated carbocycles. The number of hydrogen-bond acceptors (Lipinski definition) is 4. The Hall–Kier alpha value is -2.97. The van der Waals surface area contributed by atoms with Gasteiger partial charge in [0, 0.05) is 10.7 Å². The van der Waals surface area contributed by atoms with Crippen molar-refractivity contribution in [2.24, 2.45) is 0 Å². The number of rotatable bonds is 13. The Labute approximate surface area is 196 Å². The summed E-state index contributed by atoms with van der Waals surface area (Å²) < 4.78 is 11.6. The van der Waals surface area contributed by atoms with Crippen molar-refractivity contribution in [3.8, 4) is 17.6 Å². The van der Waals surface area contributed by atoms with Gasteiger partial charge in [-0.25, -0.2) is 0 Å². The Bertz CT molecular complexity index is 933. The average molecular weight is 455 g/mol. The lowest BCUT2D eigenvalue weighted by Gasteiger charge is -2.13. The van der Waals surface area contributed by atoms with Gasteiger partial charge >= 0.3 is 0 Å². The first-order chi connectivity index (χ1) is 15.6. The molecule has 0 fully saturated rings. The van der Waals surface area contributed by atoms with E-state index in [1.807, 2.05) is 25.1 Å². The lowest BCUT2D eigenvalue weighted by Crippen LogP contribution is -2.13. The molecule has 2 aromatic carbocycles. The summed E-state index contributed by atoms with van der Waals surface area (Å²) >= 11 is 5.87. The highest BCUT2D eigenvalue weighted by Gasteiger charge is 2.11. The van der Waals surface area contributed by atoms with Gasteiger partial charge in [-0.2, -0.15) is 5.26 Å². The van der Waals surface area contributed by atoms with Gasteiger partial charge in [-0.15, -0.1) is 0 Å². The van der Waals surface area contributed by atoms with Gasteiger partial charge in [0.15, 0.2) is 11.5 Å². The van der Waals surface area contributed by atoms with Crippen LogP contribution >= 0.6 is 11.6 Å². The normalized spacial score (nSPS) is 11.0. The molecule has 0 radical (unpaired) electrons. The maximum absolute atomic E-state index is 12.5. The van der Waals surface area contributed by atoms with Crippen molar-refractivity contribution in [1.29, 1.82) is 5.26 Å². The molecule has 1 amide bonds. The van der Waals surface area contributed by atoms with Crippen molar-refractivity contribution < 1.29 is 14.3 Å². The average Bonchev–Trinajstić information content (AvgIpc) is 2.79. The second-order valence-electron chi connectivity index (χ2n) is 7.39. The monoisotopic (exact) mass is 454 g/mol. The molecule has 5 nitrogen and oxygen atoms in total. The first kappa shape index (κ1) is 25.3. The molecule has 0 saturated heterocycles. The number of amides is 1. The van der Waals surface area contributed by atoms with Gasteiger partial charge in [0.1, 0.15) is 11.6 Å². The number of unbranched alkanes of at least 4 members (excludes halogenated alkanes) is 5. The van der Waals surface area contributed by atoms with Crippen LogP contribution in [0, 0.1) is 11.3 Å². The fourth-order valence-corrected chi connectivity index (χ4v) is 3.24. The first-order valence-corrected chi connectivity index (χ1v) is 11.5. The molecule has 2 aromatic rings. The standard InChI is InChI=1S/C26H31ClN2O3/c1-3-5-6-7-8-9-16-32-24-15-10-20(18-25(24)31-4-2)17-21(19-28)26(30)29-23-13-11-22(27)12-14-23/h10-15,17-18H,3-9,16H2,1-2H3,(H,29,30). The molecule has 2 rings (SSSR count). The smallest absolute Gasteiger partial charge is 0.266 e. The molecule has 170 valence electrons. The molecule has 0 heterocycles. The van der Waals surface area contributed by atoms with Crippen LogP contribution < -0.4 is 14.8 Å². The maximum atomic E-state index is 12.5. The van der Waals surface area contributed by atoms with Gasteiger partial charge in [0.05, 0.1) is 13.2 Å². The summed E-state index contributed by atoms with van der Waals surface area (Å²) in [4.78, 5) is 12.5. The predicted octanol–water partition coefficient (Wildman–Crippen LogP) is 7.02. The van der Waals surface area contributed by atoms with E-state index in [0.717, 1.165) is 12.8 Å². The van der Waals surface area contributed by atoms with Crippen LogP contribution in [0.4, 0.5) is 5.69 Å². The van der Waals surface area contributed by atoms with Crippen molar-refractivity contribution in [3.63, 3.8) is 0 Å². The molecule has 0 atom stereocenters. The molecule has 1 N–H and O–H groups in total. The molecule has 0 aromatic heterocycles. The Kier molecular flexibility index (Phi) is 11.2. The number of nitrogens with one attached hydrogen (secondary N) is 1. The van der Waals surface area contributed by atoms with E-state index in [1.165, 1.54) is 31.8 Å². The number of benzene rings is 2. The van der Waals surface area contributed by atoms with Crippen LogP contribution in [0.2, 0.25) is 5.02 Å². The molecule has 0 aliphatic rings. The summed E-state index contributed by atoms with van der Waals surface area (Å²) in [5, 5.41) is 12.7. The van der Waals surface area contributed by atoms with E-state index >= 15 is 0 Å². The number of carbonyl (C=O) groups excluding carboxylic acids is 1. The molecular formula is C26H31ClN2O3. The molecule has 0 bridgehead atoms. The van der Waals surface area contributed by atoms with Crippen molar-refractivity contribution in [2.75, 3.05) is 18.5 Å². The van der Waals surface area contributed by atoms with Crippen LogP contribution in [0.25, 0.3) is 6.08 Å². The number of nitriles is 1. The van der Waals surface area contributed by atoms with Crippen molar-refractivity contribution in [1.82, 2.24) is 0 Å². The number of halogens is 1. The van der Waals surface area contributed by atoms with E-state index in [2.05, 4.69) is 12.2 Å². The summed E-state index contributed by atoms with van der Waals surface area (Å²) in [5.41, 5.74) is 1.24. The molecule has 0 unspecified atom stereocenters. The van der Waals surface area contributed by atoms with E-state index in [4.69, 9.17) is 21.1 Å². The second kappa shape index (κ2) is 14.2. The third kappa shape index (κ3) is 8.64. The maximum Gasteiger partial charge on any atom is 0.266 e. The van der Waals surface area contributed by atoms with Crippen LogP contribution in [0.3, 0.4) is 0 Å². The number of ether oxygens (including phenoxy) is 2. The summed E-state index contributed by atoms with van der Waals surface area (Å²) in [7, 11) is 0. The largest absolute Gasteiger partial charge is 0.490 e. The second-order valence-corrected chi connectivity index (χ2v) is 7.82. The number of anilines is 1. The van der Waals surface area contributed by atoms with E-state index < -0.39 is 5.91 Å². The SMILES string of the molecule is CCCCCCCCOc1ccc(C=C(C#N)C(=O)Nc2ccc(Cl)cc2)cc1OCC. The lowest BCUT2D eigenvalue weighted by atomic mass is 10.1. The van der Waals surface area contributed by atoms with Crippen LogP contribution in [0.15, 0.2) is 48.0 Å². The molecule has 32 heavy (non-hydrogen) atoms. The minimum Gasteiger partial charge on any atom is -0.490 e. The summed E-state index contributed by atoms with van der Waals surface area (Å²) in [6.07, 6.45) is 8.71. The third-order valence-electron chi connectivity index (χ3n) is 4.80. The van der Waals surface area contributed by atoms with E-state index in [-0.39, 0.29) is 5.57 Å². The summed E-state index contributed by atoms with van der Waals surface area (Å²) in [5.74, 6) is 0.778. The highest BCUT2D eigenvalue weighted by molar-refractivity contribution is 6.30. The molecule has 0 aliphatic heterocycles. The Balaban J connectivity index is 2.03. The van der Waals surface area contributed by atoms with Gasteiger partial charge in [0.25, 0.3) is 5.91 Å². The number of hydrogen-bond donors (Lipinski definition) is 1. The minimum atomic E-state index is -0.490. The van der Waals surface area contributed by atoms with Crippen LogP contribution in [0.5, 0.6) is 11.5 Å². The van der Waals surface area contributed by atoms with Gasteiger partial charge in [-0.1, -0.05) is 56.7 Å². The van der Waals surface area contributed by atoms with Crippen molar-refractivity contribution in [2.45, 2.75) is 52.4 Å². The van der Waals surface area contributed by atoms with E-state index in [9.17, 15) is 10.1 Å². The van der Waals surface area contributed by atoms with E-state index in [0.29, 0.717) is 41.0 Å². The van der Waals surface area contributed by atoms with Crippen molar-refractivity contribution in [3.05, 3.63) is 58.6 Å². The first-order valence-electron chi connectivity index (χ1n) is 11.2. The number of nitrogens with zero attached hydrogens (tertiary/aromatic N) is 1. The summed E-state index contributed by atoms with van der Waals surface area (Å²) in [6.45, 7) is 5.24. The van der Waals surface area contributed by atoms with Crippen LogP contribution in [-0.2, 0) is 4.79 Å². The van der Waals surface area contributed by atoms with Gasteiger partial charge in [-0.3, -0.25) is 4.79 Å². The van der Waals surface area contributed by atoms with Crippen LogP contribution in [-0.4, -0.2) is 19.1 Å². The topological polar surface area (TPSA) is 71.3 Å². The van der Waals surface area contributed by atoms with Gasteiger partial charge < -0.3 is 14.8 Å². The van der Waals surface area contributed by atoms with Gasteiger partial charge in [-0.05, 0) is 61.4 Å². The highest BCUT2D eigenvalue weighted by Crippen LogP contribution is 2.30. The molecular weight excluding hydrogens is 424 g/mol. The predicted molar refractivity (Wildman–Crippen MR) is 130 cm³/mol.